The van der Waals surface area contributed by atoms with Crippen LogP contribution >= 0.6 is 0 Å². The fourth-order valence-electron chi connectivity index (χ4n) is 2.35. The lowest BCUT2D eigenvalue weighted by molar-refractivity contribution is -0.181. The molecule has 0 unspecified atom stereocenters. The van der Waals surface area contributed by atoms with Gasteiger partial charge in [-0.1, -0.05) is 0 Å². The molecule has 1 rings (SSSR count). The highest BCUT2D eigenvalue weighted by Crippen LogP contribution is 2.25. The number of carbonyl (C=O) groups is 1. The van der Waals surface area contributed by atoms with E-state index in [0.29, 0.717) is 13.1 Å². The second kappa shape index (κ2) is 8.01. The van der Waals surface area contributed by atoms with Gasteiger partial charge in [-0.3, -0.25) is 4.90 Å². The van der Waals surface area contributed by atoms with E-state index in [1.54, 1.807) is 4.90 Å². The van der Waals surface area contributed by atoms with Gasteiger partial charge in [0.2, 0.25) is 0 Å². The number of halogens is 3. The maximum absolute atomic E-state index is 12.7. The van der Waals surface area contributed by atoms with Gasteiger partial charge in [0, 0.05) is 32.2 Å². The van der Waals surface area contributed by atoms with Crippen molar-refractivity contribution in [1.29, 1.82) is 0 Å². The lowest BCUT2D eigenvalue weighted by Crippen LogP contribution is -2.57. The first kappa shape index (κ1) is 19.0. The van der Waals surface area contributed by atoms with Crippen LogP contribution in [-0.4, -0.2) is 85.8 Å². The Labute approximate surface area is 130 Å². The molecule has 0 saturated carbocycles. The van der Waals surface area contributed by atoms with Crippen molar-refractivity contribution >= 4 is 6.03 Å². The first-order valence-corrected chi connectivity index (χ1v) is 7.62. The standard InChI is InChI=1S/C14H27F3N4O/c1-11(5-6-19(3)4)18-13(22)21-9-7-20(8-10-21)12(2)14(15,16)17/h11-12H,5-10H2,1-4H3,(H,18,22)/t11-,12+/m1/s1. The Kier molecular flexibility index (Phi) is 6.93. The summed E-state index contributed by atoms with van der Waals surface area (Å²) < 4.78 is 38.0. The molecule has 8 heteroatoms. The average Bonchev–Trinajstić information content (AvgIpc) is 2.43. The van der Waals surface area contributed by atoms with E-state index in [2.05, 4.69) is 5.32 Å². The van der Waals surface area contributed by atoms with Crippen molar-refractivity contribution in [3.8, 4) is 0 Å². The molecular formula is C14H27F3N4O. The second-order valence-electron chi connectivity index (χ2n) is 6.18. The predicted molar refractivity (Wildman–Crippen MR) is 79.8 cm³/mol. The summed E-state index contributed by atoms with van der Waals surface area (Å²) >= 11 is 0. The van der Waals surface area contributed by atoms with Crippen molar-refractivity contribution in [1.82, 2.24) is 20.0 Å². The molecular weight excluding hydrogens is 297 g/mol. The van der Waals surface area contributed by atoms with Gasteiger partial charge in [-0.15, -0.1) is 0 Å². The van der Waals surface area contributed by atoms with Gasteiger partial charge in [0.05, 0.1) is 0 Å². The Morgan fingerprint density at radius 2 is 1.73 bits per heavy atom. The summed E-state index contributed by atoms with van der Waals surface area (Å²) in [7, 11) is 3.94. The molecule has 2 atom stereocenters. The fraction of sp³-hybridized carbons (Fsp3) is 0.929. The molecule has 1 heterocycles. The molecule has 0 aromatic rings. The lowest BCUT2D eigenvalue weighted by atomic mass is 10.2. The van der Waals surface area contributed by atoms with E-state index in [0.717, 1.165) is 13.0 Å². The molecule has 1 fully saturated rings. The minimum atomic E-state index is -4.22. The molecule has 1 N–H and O–H groups in total. The minimum Gasteiger partial charge on any atom is -0.335 e. The van der Waals surface area contributed by atoms with Gasteiger partial charge in [-0.05, 0) is 40.9 Å². The average molecular weight is 324 g/mol. The molecule has 1 aliphatic heterocycles. The SMILES string of the molecule is C[C@H](CCN(C)C)NC(=O)N1CCN([C@@H](C)C(F)(F)F)CC1. The van der Waals surface area contributed by atoms with E-state index in [1.165, 1.54) is 11.8 Å². The van der Waals surface area contributed by atoms with Gasteiger partial charge < -0.3 is 15.1 Å². The molecule has 1 aliphatic rings. The topological polar surface area (TPSA) is 38.8 Å². The number of amides is 2. The van der Waals surface area contributed by atoms with Gasteiger partial charge in [0.25, 0.3) is 0 Å². The monoisotopic (exact) mass is 324 g/mol. The highest BCUT2D eigenvalue weighted by Gasteiger charge is 2.41. The largest absolute Gasteiger partial charge is 0.403 e. The summed E-state index contributed by atoms with van der Waals surface area (Å²) in [6.45, 7) is 5.13. The van der Waals surface area contributed by atoms with Crippen molar-refractivity contribution in [3.05, 3.63) is 0 Å². The van der Waals surface area contributed by atoms with Gasteiger partial charge >= 0.3 is 12.2 Å². The third kappa shape index (κ3) is 6.00. The van der Waals surface area contributed by atoms with E-state index in [1.807, 2.05) is 25.9 Å². The summed E-state index contributed by atoms with van der Waals surface area (Å²) in [6.07, 6.45) is -3.38. The third-order valence-electron chi connectivity index (χ3n) is 4.00. The molecule has 5 nitrogen and oxygen atoms in total. The molecule has 2 amide bonds. The molecule has 0 aromatic heterocycles. The summed E-state index contributed by atoms with van der Waals surface area (Å²) in [4.78, 5) is 17.1. The zero-order valence-corrected chi connectivity index (χ0v) is 13.8. The molecule has 0 aliphatic carbocycles. The summed E-state index contributed by atoms with van der Waals surface area (Å²) in [5, 5.41) is 2.90. The zero-order valence-electron chi connectivity index (χ0n) is 13.8. The summed E-state index contributed by atoms with van der Waals surface area (Å²) in [6, 6.07) is -1.61. The zero-order chi connectivity index (χ0) is 16.9. The quantitative estimate of drug-likeness (QED) is 0.835. The van der Waals surface area contributed by atoms with Crippen LogP contribution in [0.5, 0.6) is 0 Å². The molecule has 0 bridgehead atoms. The number of hydrogen-bond acceptors (Lipinski definition) is 3. The number of hydrogen-bond donors (Lipinski definition) is 1. The maximum atomic E-state index is 12.7. The lowest BCUT2D eigenvalue weighted by Gasteiger charge is -2.38. The molecule has 22 heavy (non-hydrogen) atoms. The Morgan fingerprint density at radius 3 is 2.18 bits per heavy atom. The predicted octanol–water partition coefficient (Wildman–Crippen LogP) is 1.60. The number of carbonyl (C=O) groups excluding carboxylic acids is 1. The summed E-state index contributed by atoms with van der Waals surface area (Å²) in [5.41, 5.74) is 0. The number of nitrogens with one attached hydrogen (secondary N) is 1. The van der Waals surface area contributed by atoms with E-state index in [4.69, 9.17) is 0 Å². The van der Waals surface area contributed by atoms with E-state index in [-0.39, 0.29) is 25.2 Å². The van der Waals surface area contributed by atoms with Crippen LogP contribution in [0.1, 0.15) is 20.3 Å². The highest BCUT2D eigenvalue weighted by atomic mass is 19.4. The molecule has 1 saturated heterocycles. The van der Waals surface area contributed by atoms with Crippen LogP contribution in [0.25, 0.3) is 0 Å². The Morgan fingerprint density at radius 1 is 1.18 bits per heavy atom. The Balaban J connectivity index is 2.36. The second-order valence-corrected chi connectivity index (χ2v) is 6.18. The van der Waals surface area contributed by atoms with Gasteiger partial charge in [0.15, 0.2) is 0 Å². The molecule has 0 radical (unpaired) electrons. The highest BCUT2D eigenvalue weighted by molar-refractivity contribution is 5.74. The molecule has 0 aromatic carbocycles. The van der Waals surface area contributed by atoms with Crippen LogP contribution in [0, 0.1) is 0 Å². The summed E-state index contributed by atoms with van der Waals surface area (Å²) in [5.74, 6) is 0. The number of urea groups is 1. The van der Waals surface area contributed by atoms with Gasteiger partial charge in [0.1, 0.15) is 6.04 Å². The number of piperazine rings is 1. The van der Waals surface area contributed by atoms with Crippen LogP contribution in [0.4, 0.5) is 18.0 Å². The van der Waals surface area contributed by atoms with E-state index < -0.39 is 12.2 Å². The normalized spacial score (nSPS) is 20.1. The van der Waals surface area contributed by atoms with Crippen molar-refractivity contribution in [2.24, 2.45) is 0 Å². The van der Waals surface area contributed by atoms with E-state index in [9.17, 15) is 18.0 Å². The molecule has 130 valence electrons. The van der Waals surface area contributed by atoms with Crippen molar-refractivity contribution in [2.45, 2.75) is 38.5 Å². The van der Waals surface area contributed by atoms with Gasteiger partial charge in [-0.25, -0.2) is 4.79 Å². The van der Waals surface area contributed by atoms with E-state index >= 15 is 0 Å². The smallest absolute Gasteiger partial charge is 0.335 e. The first-order valence-electron chi connectivity index (χ1n) is 7.62. The van der Waals surface area contributed by atoms with Crippen molar-refractivity contribution in [2.75, 3.05) is 46.8 Å². The van der Waals surface area contributed by atoms with Crippen LogP contribution in [0.3, 0.4) is 0 Å². The first-order chi connectivity index (χ1) is 10.1. The minimum absolute atomic E-state index is 0.0435. The Bertz CT molecular complexity index is 354. The number of nitrogens with zero attached hydrogens (tertiary/aromatic N) is 3. The number of alkyl halides is 3. The van der Waals surface area contributed by atoms with Crippen LogP contribution < -0.4 is 5.32 Å². The van der Waals surface area contributed by atoms with Crippen LogP contribution in [0.15, 0.2) is 0 Å². The van der Waals surface area contributed by atoms with Crippen LogP contribution in [0.2, 0.25) is 0 Å². The fourth-order valence-corrected chi connectivity index (χ4v) is 2.35. The van der Waals surface area contributed by atoms with Gasteiger partial charge in [-0.2, -0.15) is 13.2 Å². The van der Waals surface area contributed by atoms with Crippen molar-refractivity contribution in [3.63, 3.8) is 0 Å². The number of rotatable bonds is 5. The Hall–Kier alpha value is -1.02. The van der Waals surface area contributed by atoms with Crippen LogP contribution in [-0.2, 0) is 0 Å². The maximum Gasteiger partial charge on any atom is 0.403 e. The third-order valence-corrected chi connectivity index (χ3v) is 4.00. The van der Waals surface area contributed by atoms with Crippen molar-refractivity contribution < 1.29 is 18.0 Å². The molecule has 0 spiro atoms.